The topological polar surface area (TPSA) is 17.1 Å². The van der Waals surface area contributed by atoms with Crippen LogP contribution in [-0.2, 0) is 20.5 Å². The lowest BCUT2D eigenvalue weighted by Crippen LogP contribution is -1.70. The van der Waals surface area contributed by atoms with E-state index in [0.29, 0.717) is 5.75 Å². The second-order valence-corrected chi connectivity index (χ2v) is 3.17. The summed E-state index contributed by atoms with van der Waals surface area (Å²) in [5.41, 5.74) is 0. The van der Waals surface area contributed by atoms with Crippen molar-refractivity contribution in [2.45, 2.75) is 6.92 Å². The van der Waals surface area contributed by atoms with Gasteiger partial charge in [-0.15, -0.1) is 0 Å². The lowest BCUT2D eigenvalue weighted by atomic mass is 11.0. The molecule has 0 N–H and O–H groups in total. The van der Waals surface area contributed by atoms with E-state index in [9.17, 15) is 4.21 Å². The fourth-order valence-corrected chi connectivity index (χ4v) is 0. The van der Waals surface area contributed by atoms with Gasteiger partial charge in [-0.05, 0) is 11.2 Å². The molecule has 0 aromatic heterocycles. The first-order chi connectivity index (χ1) is 2.27. The largest absolute Gasteiger partial charge is 0.260 e. The van der Waals surface area contributed by atoms with Crippen molar-refractivity contribution in [2.24, 2.45) is 0 Å². The first kappa shape index (κ1) is 5.37. The lowest BCUT2D eigenvalue weighted by molar-refractivity contribution is 0.693. The van der Waals surface area contributed by atoms with Gasteiger partial charge < -0.3 is 0 Å². The summed E-state index contributed by atoms with van der Waals surface area (Å²) in [6.07, 6.45) is 0. The van der Waals surface area contributed by atoms with E-state index in [0.717, 1.165) is 0 Å². The highest BCUT2D eigenvalue weighted by Gasteiger charge is 1.61. The van der Waals surface area contributed by atoms with E-state index in [-0.39, 0.29) is 0 Å². The summed E-state index contributed by atoms with van der Waals surface area (Å²) < 4.78 is 9.78. The molecule has 0 aliphatic rings. The minimum absolute atomic E-state index is 0.630. The summed E-state index contributed by atoms with van der Waals surface area (Å²) in [4.78, 5) is 0. The lowest BCUT2D eigenvalue weighted by Gasteiger charge is -1.63. The van der Waals surface area contributed by atoms with Gasteiger partial charge in [0.05, 0.1) is 0 Å². The Kier molecular flexibility index (Phi) is 2.79. The molecule has 0 aromatic carbocycles. The Morgan fingerprint density at radius 2 is 2.20 bits per heavy atom. The third-order valence-corrected chi connectivity index (χ3v) is 1.55. The smallest absolute Gasteiger partial charge is 0.0203 e. The average molecular weight is 110 g/mol. The van der Waals surface area contributed by atoms with E-state index in [1.54, 1.807) is 0 Å². The zero-order chi connectivity index (χ0) is 4.28. The number of rotatable bonds is 1. The maximum absolute atomic E-state index is 9.78. The Hall–Kier alpha value is 0.370. The highest BCUT2D eigenvalue weighted by atomic mass is 32.8. The second-order valence-electron chi connectivity index (χ2n) is 0.649. The van der Waals surface area contributed by atoms with Crippen LogP contribution in [0.4, 0.5) is 0 Å². The maximum Gasteiger partial charge on any atom is 0.0203 e. The van der Waals surface area contributed by atoms with Crippen LogP contribution in [0.3, 0.4) is 0 Å². The van der Waals surface area contributed by atoms with E-state index < -0.39 is 9.36 Å². The third-order valence-electron chi connectivity index (χ3n) is 0.258. The van der Waals surface area contributed by atoms with Gasteiger partial charge in [-0.2, -0.15) is 0 Å². The Bertz CT molecular complexity index is 65.7. The first-order valence-corrected chi connectivity index (χ1v) is 3.85. The molecule has 3 heteroatoms. The van der Waals surface area contributed by atoms with Gasteiger partial charge >= 0.3 is 0 Å². The first-order valence-electron chi connectivity index (χ1n) is 1.39. The Morgan fingerprint density at radius 1 is 2.00 bits per heavy atom. The van der Waals surface area contributed by atoms with Crippen LogP contribution in [-0.4, -0.2) is 9.96 Å². The average Bonchev–Trinajstić information content (AvgIpc) is 1.38. The molecular formula is C2H6OS2. The van der Waals surface area contributed by atoms with Crippen molar-refractivity contribution in [3.63, 3.8) is 0 Å². The number of hydrogen-bond acceptors (Lipinski definition) is 2. The quantitative estimate of drug-likeness (QED) is 0.477. The van der Waals surface area contributed by atoms with Crippen LogP contribution < -0.4 is 0 Å². The van der Waals surface area contributed by atoms with Crippen molar-refractivity contribution < 1.29 is 4.21 Å². The molecule has 0 rings (SSSR count). The van der Waals surface area contributed by atoms with Gasteiger partial charge in [0.25, 0.3) is 0 Å². The van der Waals surface area contributed by atoms with E-state index in [2.05, 4.69) is 11.2 Å². The SMILES string of the molecule is CC[SH](=O)=S. The summed E-state index contributed by atoms with van der Waals surface area (Å²) in [7, 11) is -1.26. The fraction of sp³-hybridized carbons (Fsp3) is 1.00. The van der Waals surface area contributed by atoms with Crippen LogP contribution in [0.1, 0.15) is 6.92 Å². The van der Waals surface area contributed by atoms with Gasteiger partial charge in [-0.3, -0.25) is 4.21 Å². The van der Waals surface area contributed by atoms with Gasteiger partial charge in [0.15, 0.2) is 0 Å². The highest BCUT2D eigenvalue weighted by molar-refractivity contribution is 8.21. The van der Waals surface area contributed by atoms with Crippen molar-refractivity contribution in [1.29, 1.82) is 0 Å². The maximum atomic E-state index is 9.78. The predicted octanol–water partition coefficient (Wildman–Crippen LogP) is -0.0508. The van der Waals surface area contributed by atoms with Crippen LogP contribution in [0.5, 0.6) is 0 Å². The molecule has 0 fully saturated rings. The molecule has 1 nitrogen and oxygen atoms in total. The summed E-state index contributed by atoms with van der Waals surface area (Å²) >= 11 is 4.29. The molecule has 0 aliphatic heterocycles. The minimum atomic E-state index is -1.26. The summed E-state index contributed by atoms with van der Waals surface area (Å²) in [5.74, 6) is 0.630. The van der Waals surface area contributed by atoms with Gasteiger partial charge in [-0.25, -0.2) is 0 Å². The Balaban J connectivity index is 3.23. The molecule has 0 amide bonds. The van der Waals surface area contributed by atoms with E-state index in [1.165, 1.54) is 0 Å². The van der Waals surface area contributed by atoms with Crippen LogP contribution >= 0.6 is 0 Å². The summed E-state index contributed by atoms with van der Waals surface area (Å²) in [5, 5.41) is 0. The fourth-order valence-electron chi connectivity index (χ4n) is 0. The van der Waals surface area contributed by atoms with Crippen molar-refractivity contribution in [2.75, 3.05) is 5.75 Å². The Labute approximate surface area is 38.1 Å². The molecule has 0 aromatic rings. The normalized spacial score (nSPS) is 14.6. The molecule has 0 saturated carbocycles. The molecule has 0 radical (unpaired) electrons. The second kappa shape index (κ2) is 2.60. The molecule has 32 valence electrons. The van der Waals surface area contributed by atoms with Gasteiger partial charge in [0.2, 0.25) is 0 Å². The highest BCUT2D eigenvalue weighted by Crippen LogP contribution is 1.55. The van der Waals surface area contributed by atoms with E-state index in [1.807, 2.05) is 6.92 Å². The summed E-state index contributed by atoms with van der Waals surface area (Å²) in [6, 6.07) is 0. The molecule has 0 aliphatic carbocycles. The number of thiol groups is 1. The number of hydrogen-bond donors (Lipinski definition) is 1. The van der Waals surface area contributed by atoms with Crippen LogP contribution in [0, 0.1) is 0 Å². The van der Waals surface area contributed by atoms with E-state index >= 15 is 0 Å². The van der Waals surface area contributed by atoms with Gasteiger partial charge in [0, 0.05) is 15.1 Å². The molecule has 1 atom stereocenters. The van der Waals surface area contributed by atoms with Crippen LogP contribution in [0.25, 0.3) is 0 Å². The van der Waals surface area contributed by atoms with Crippen LogP contribution in [0.15, 0.2) is 0 Å². The monoisotopic (exact) mass is 110 g/mol. The molecule has 0 bridgehead atoms. The predicted molar refractivity (Wildman–Crippen MR) is 27.4 cm³/mol. The molecule has 0 spiro atoms. The molecule has 0 saturated heterocycles. The molecule has 0 heterocycles. The zero-order valence-corrected chi connectivity index (χ0v) is 4.68. The third kappa shape index (κ3) is 4.37. The van der Waals surface area contributed by atoms with E-state index in [4.69, 9.17) is 0 Å². The zero-order valence-electron chi connectivity index (χ0n) is 2.97. The standard InChI is InChI=1S/C2H6OS2/c1-2-5(3)4/h5H,2H2,1H3. The van der Waals surface area contributed by atoms with Gasteiger partial charge in [0.1, 0.15) is 0 Å². The van der Waals surface area contributed by atoms with Crippen molar-refractivity contribution in [1.82, 2.24) is 0 Å². The van der Waals surface area contributed by atoms with Crippen LogP contribution in [0.2, 0.25) is 0 Å². The van der Waals surface area contributed by atoms with Crippen molar-refractivity contribution >= 4 is 20.5 Å². The van der Waals surface area contributed by atoms with Crippen molar-refractivity contribution in [3.8, 4) is 0 Å². The van der Waals surface area contributed by atoms with Gasteiger partial charge in [-0.1, -0.05) is 6.92 Å². The van der Waals surface area contributed by atoms with Crippen molar-refractivity contribution in [3.05, 3.63) is 0 Å². The minimum Gasteiger partial charge on any atom is -0.260 e. The molecular weight excluding hydrogens is 104 g/mol. The summed E-state index contributed by atoms with van der Waals surface area (Å²) in [6.45, 7) is 1.81. The molecule has 1 unspecified atom stereocenters. The molecule has 5 heavy (non-hydrogen) atoms. The Morgan fingerprint density at radius 3 is 2.20 bits per heavy atom.